The summed E-state index contributed by atoms with van der Waals surface area (Å²) in [6.45, 7) is 1.82. The van der Waals surface area contributed by atoms with Crippen LogP contribution in [0.5, 0.6) is 0 Å². The van der Waals surface area contributed by atoms with Gasteiger partial charge in [0.25, 0.3) is 5.91 Å². The SMILES string of the molecule is CC(NC(=O)c1cnc(N)c(Cl)c1)c1ccco1. The van der Waals surface area contributed by atoms with Crippen LogP contribution in [-0.4, -0.2) is 10.9 Å². The molecule has 1 amide bonds. The van der Waals surface area contributed by atoms with Gasteiger partial charge in [-0.25, -0.2) is 4.98 Å². The second-order valence-electron chi connectivity index (χ2n) is 3.80. The number of hydrogen-bond acceptors (Lipinski definition) is 4. The highest BCUT2D eigenvalue weighted by Gasteiger charge is 2.14. The molecule has 0 fully saturated rings. The molecule has 0 aromatic carbocycles. The number of aromatic nitrogens is 1. The Morgan fingerprint density at radius 3 is 3.00 bits per heavy atom. The molecular weight excluding hydrogens is 254 g/mol. The van der Waals surface area contributed by atoms with Crippen LogP contribution < -0.4 is 11.1 Å². The van der Waals surface area contributed by atoms with E-state index in [0.29, 0.717) is 11.3 Å². The Bertz CT molecular complexity index is 554. The van der Waals surface area contributed by atoms with Gasteiger partial charge in [0.05, 0.1) is 22.9 Å². The van der Waals surface area contributed by atoms with E-state index in [1.54, 1.807) is 18.4 Å². The Kier molecular flexibility index (Phi) is 3.53. The fourth-order valence-corrected chi connectivity index (χ4v) is 1.63. The fraction of sp³-hybridized carbons (Fsp3) is 0.167. The molecule has 0 aliphatic carbocycles. The summed E-state index contributed by atoms with van der Waals surface area (Å²) in [5.41, 5.74) is 5.83. The van der Waals surface area contributed by atoms with E-state index in [9.17, 15) is 4.79 Å². The highest BCUT2D eigenvalue weighted by atomic mass is 35.5. The maximum absolute atomic E-state index is 11.9. The van der Waals surface area contributed by atoms with Crippen molar-refractivity contribution in [1.29, 1.82) is 0 Å². The first-order chi connectivity index (χ1) is 8.58. The molecule has 2 aromatic rings. The van der Waals surface area contributed by atoms with Gasteiger partial charge < -0.3 is 15.5 Å². The van der Waals surface area contributed by atoms with Crippen molar-refractivity contribution >= 4 is 23.3 Å². The van der Waals surface area contributed by atoms with Gasteiger partial charge in [0.2, 0.25) is 0 Å². The minimum absolute atomic E-state index is 0.201. The average Bonchev–Trinajstić information content (AvgIpc) is 2.86. The van der Waals surface area contributed by atoms with Gasteiger partial charge in [0, 0.05) is 6.20 Å². The van der Waals surface area contributed by atoms with E-state index in [4.69, 9.17) is 21.8 Å². The summed E-state index contributed by atoms with van der Waals surface area (Å²) in [6.07, 6.45) is 2.94. The van der Waals surface area contributed by atoms with Gasteiger partial charge in [-0.1, -0.05) is 11.6 Å². The topological polar surface area (TPSA) is 81.2 Å². The van der Waals surface area contributed by atoms with Crippen LogP contribution in [0, 0.1) is 0 Å². The molecule has 18 heavy (non-hydrogen) atoms. The van der Waals surface area contributed by atoms with Crippen molar-refractivity contribution in [2.75, 3.05) is 5.73 Å². The predicted molar refractivity (Wildman–Crippen MR) is 68.2 cm³/mol. The normalized spacial score (nSPS) is 12.1. The Morgan fingerprint density at radius 2 is 2.39 bits per heavy atom. The maximum Gasteiger partial charge on any atom is 0.253 e. The summed E-state index contributed by atoms with van der Waals surface area (Å²) in [5.74, 6) is 0.596. The molecule has 0 spiro atoms. The first-order valence-electron chi connectivity index (χ1n) is 5.33. The maximum atomic E-state index is 11.9. The molecule has 2 rings (SSSR count). The van der Waals surface area contributed by atoms with E-state index < -0.39 is 0 Å². The number of nitrogens with two attached hydrogens (primary N) is 1. The molecular formula is C12H12ClN3O2. The van der Waals surface area contributed by atoms with Gasteiger partial charge in [-0.15, -0.1) is 0 Å². The van der Waals surface area contributed by atoms with Crippen LogP contribution >= 0.6 is 11.6 Å². The van der Waals surface area contributed by atoms with Crippen LogP contribution in [0.25, 0.3) is 0 Å². The quantitative estimate of drug-likeness (QED) is 0.893. The van der Waals surface area contributed by atoms with E-state index in [1.165, 1.54) is 12.3 Å². The van der Waals surface area contributed by atoms with Gasteiger partial charge in [-0.3, -0.25) is 4.79 Å². The molecule has 2 heterocycles. The van der Waals surface area contributed by atoms with Crippen molar-refractivity contribution < 1.29 is 9.21 Å². The number of carbonyl (C=O) groups is 1. The van der Waals surface area contributed by atoms with Crippen LogP contribution in [-0.2, 0) is 0 Å². The lowest BCUT2D eigenvalue weighted by Crippen LogP contribution is -2.26. The van der Waals surface area contributed by atoms with Gasteiger partial charge >= 0.3 is 0 Å². The number of rotatable bonds is 3. The second-order valence-corrected chi connectivity index (χ2v) is 4.21. The van der Waals surface area contributed by atoms with Crippen molar-refractivity contribution in [2.24, 2.45) is 0 Å². The molecule has 0 bridgehead atoms. The van der Waals surface area contributed by atoms with Crippen LogP contribution in [0.2, 0.25) is 5.02 Å². The Labute approximate surface area is 109 Å². The number of anilines is 1. The molecule has 1 atom stereocenters. The van der Waals surface area contributed by atoms with Gasteiger partial charge in [-0.05, 0) is 25.1 Å². The lowest BCUT2D eigenvalue weighted by molar-refractivity contribution is 0.0935. The van der Waals surface area contributed by atoms with Crippen molar-refractivity contribution in [1.82, 2.24) is 10.3 Å². The first-order valence-corrected chi connectivity index (χ1v) is 5.71. The van der Waals surface area contributed by atoms with Gasteiger partial charge in [0.1, 0.15) is 11.6 Å². The summed E-state index contributed by atoms with van der Waals surface area (Å²) in [4.78, 5) is 15.8. The van der Waals surface area contributed by atoms with E-state index >= 15 is 0 Å². The molecule has 0 aliphatic rings. The summed E-state index contributed by atoms with van der Waals surface area (Å²) < 4.78 is 5.20. The molecule has 0 aliphatic heterocycles. The molecule has 3 N–H and O–H groups in total. The van der Waals surface area contributed by atoms with E-state index in [0.717, 1.165) is 0 Å². The van der Waals surface area contributed by atoms with Crippen LogP contribution in [0.3, 0.4) is 0 Å². The third kappa shape index (κ3) is 2.62. The Balaban J connectivity index is 2.10. The minimum Gasteiger partial charge on any atom is -0.467 e. The van der Waals surface area contributed by atoms with Crippen LogP contribution in [0.1, 0.15) is 29.1 Å². The standard InChI is InChI=1S/C12H12ClN3O2/c1-7(10-3-2-4-18-10)16-12(17)8-5-9(13)11(14)15-6-8/h2-7H,1H3,(H2,14,15)(H,16,17). The molecule has 1 unspecified atom stereocenters. The van der Waals surface area contributed by atoms with Crippen molar-refractivity contribution in [3.63, 3.8) is 0 Å². The van der Waals surface area contributed by atoms with E-state index in [1.807, 2.05) is 6.92 Å². The van der Waals surface area contributed by atoms with Crippen molar-refractivity contribution in [3.05, 3.63) is 47.0 Å². The molecule has 2 aromatic heterocycles. The number of pyridine rings is 1. The Morgan fingerprint density at radius 1 is 1.61 bits per heavy atom. The van der Waals surface area contributed by atoms with Gasteiger partial charge in [-0.2, -0.15) is 0 Å². The number of carbonyl (C=O) groups excluding carboxylic acids is 1. The lowest BCUT2D eigenvalue weighted by atomic mass is 10.2. The largest absolute Gasteiger partial charge is 0.467 e. The number of nitrogen functional groups attached to an aromatic ring is 1. The third-order valence-electron chi connectivity index (χ3n) is 2.45. The average molecular weight is 266 g/mol. The lowest BCUT2D eigenvalue weighted by Gasteiger charge is -2.11. The van der Waals surface area contributed by atoms with Crippen molar-refractivity contribution in [2.45, 2.75) is 13.0 Å². The summed E-state index contributed by atoms with van der Waals surface area (Å²) in [7, 11) is 0. The minimum atomic E-state index is -0.284. The van der Waals surface area contributed by atoms with Crippen molar-refractivity contribution in [3.8, 4) is 0 Å². The first kappa shape index (κ1) is 12.4. The highest BCUT2D eigenvalue weighted by molar-refractivity contribution is 6.33. The zero-order valence-electron chi connectivity index (χ0n) is 9.68. The number of hydrogen-bond donors (Lipinski definition) is 2. The number of amides is 1. The number of nitrogens with zero attached hydrogens (tertiary/aromatic N) is 1. The fourth-order valence-electron chi connectivity index (χ4n) is 1.46. The van der Waals surface area contributed by atoms with Crippen LogP contribution in [0.15, 0.2) is 35.1 Å². The number of halogens is 1. The summed E-state index contributed by atoms with van der Waals surface area (Å²) in [5, 5.41) is 3.03. The third-order valence-corrected chi connectivity index (χ3v) is 2.75. The molecule has 94 valence electrons. The molecule has 6 heteroatoms. The number of nitrogens with one attached hydrogen (secondary N) is 1. The second kappa shape index (κ2) is 5.10. The summed E-state index contributed by atoms with van der Waals surface area (Å²) in [6, 6.07) is 4.80. The van der Waals surface area contributed by atoms with Gasteiger partial charge in [0.15, 0.2) is 0 Å². The monoisotopic (exact) mass is 265 g/mol. The molecule has 5 nitrogen and oxygen atoms in total. The van der Waals surface area contributed by atoms with Crippen LogP contribution in [0.4, 0.5) is 5.82 Å². The molecule has 0 saturated heterocycles. The molecule has 0 radical (unpaired) electrons. The smallest absolute Gasteiger partial charge is 0.253 e. The van der Waals surface area contributed by atoms with E-state index in [2.05, 4.69) is 10.3 Å². The summed E-state index contributed by atoms with van der Waals surface area (Å²) >= 11 is 5.81. The highest BCUT2D eigenvalue weighted by Crippen LogP contribution is 2.18. The zero-order valence-corrected chi connectivity index (χ0v) is 10.4. The van der Waals surface area contributed by atoms with E-state index in [-0.39, 0.29) is 22.8 Å². The zero-order chi connectivity index (χ0) is 13.1. The Hall–Kier alpha value is -2.01. The number of furan rings is 1. The predicted octanol–water partition coefficient (Wildman–Crippen LogP) is 2.40. The molecule has 0 saturated carbocycles.